The lowest BCUT2D eigenvalue weighted by Crippen LogP contribution is -2.29. The molecule has 1 aromatic heterocycles. The molecule has 1 atom stereocenters. The van der Waals surface area contributed by atoms with Crippen molar-refractivity contribution in [3.63, 3.8) is 0 Å². The van der Waals surface area contributed by atoms with E-state index in [2.05, 4.69) is 22.3 Å². The molecule has 1 unspecified atom stereocenters. The zero-order valence-electron chi connectivity index (χ0n) is 21.2. The number of nitrogens with zero attached hydrogens (tertiary/aromatic N) is 3. The van der Waals surface area contributed by atoms with E-state index in [0.29, 0.717) is 51.0 Å². The first-order valence-electron chi connectivity index (χ1n) is 12.4. The number of carbonyl (C=O) groups is 2. The summed E-state index contributed by atoms with van der Waals surface area (Å²) in [5.74, 6) is -0.310. The summed E-state index contributed by atoms with van der Waals surface area (Å²) in [6, 6.07) is 19.0. The van der Waals surface area contributed by atoms with Gasteiger partial charge in [-0.15, -0.1) is 10.2 Å². The summed E-state index contributed by atoms with van der Waals surface area (Å²) in [6.07, 6.45) is 0. The van der Waals surface area contributed by atoms with Gasteiger partial charge in [-0.3, -0.25) is 14.5 Å². The first-order valence-corrected chi connectivity index (χ1v) is 14.6. The summed E-state index contributed by atoms with van der Waals surface area (Å²) < 4.78 is 11.9. The molecule has 3 heterocycles. The highest BCUT2D eigenvalue weighted by atomic mass is 35.5. The molecule has 202 valence electrons. The molecule has 0 bridgehead atoms. The maximum absolute atomic E-state index is 13.5. The van der Waals surface area contributed by atoms with Crippen LogP contribution in [-0.2, 0) is 15.3 Å². The number of thioether (sulfide) groups is 1. The van der Waals surface area contributed by atoms with Gasteiger partial charge in [0.2, 0.25) is 5.13 Å². The zero-order chi connectivity index (χ0) is 27.8. The van der Waals surface area contributed by atoms with Crippen LogP contribution in [0, 0.1) is 6.92 Å². The molecular formula is C29H22ClN3O5S2. The number of ether oxygens (including phenoxy) is 2. The molecule has 1 amide bonds. The first-order chi connectivity index (χ1) is 19.4. The van der Waals surface area contributed by atoms with E-state index in [1.165, 1.54) is 33.6 Å². The molecule has 3 aromatic carbocycles. The summed E-state index contributed by atoms with van der Waals surface area (Å²) >= 11 is 9.00. The topological polar surface area (TPSA) is 102 Å². The number of aliphatic hydroxyl groups is 1. The smallest absolute Gasteiger partial charge is 0.301 e. The van der Waals surface area contributed by atoms with Crippen molar-refractivity contribution in [2.45, 2.75) is 23.1 Å². The Balaban J connectivity index is 1.38. The molecule has 1 N–H and O–H groups in total. The minimum atomic E-state index is -0.963. The Hall–Kier alpha value is -3.86. The van der Waals surface area contributed by atoms with Gasteiger partial charge in [0.15, 0.2) is 15.8 Å². The Morgan fingerprint density at radius 1 is 1.05 bits per heavy atom. The Morgan fingerprint density at radius 3 is 2.60 bits per heavy atom. The normalized spacial score (nSPS) is 17.9. The molecule has 11 heteroatoms. The number of Topliss-reactive ketones (excluding diaryl/α,β-unsaturated/α-hetero) is 1. The number of halogens is 1. The fourth-order valence-electron chi connectivity index (χ4n) is 4.56. The molecule has 0 radical (unpaired) electrons. The van der Waals surface area contributed by atoms with E-state index in [1.54, 1.807) is 42.5 Å². The van der Waals surface area contributed by atoms with Crippen LogP contribution >= 0.6 is 34.7 Å². The van der Waals surface area contributed by atoms with E-state index in [4.69, 9.17) is 21.1 Å². The van der Waals surface area contributed by atoms with Gasteiger partial charge in [0.05, 0.1) is 11.6 Å². The SMILES string of the molecule is Cc1ccc(CSc2nnc(N3C(=O)C(=O)/C(=C(/O)c4ccc5c(c4)OCCO5)C3c3cccc(Cl)c3)s2)cc1. The van der Waals surface area contributed by atoms with E-state index >= 15 is 0 Å². The molecule has 8 nitrogen and oxygen atoms in total. The van der Waals surface area contributed by atoms with E-state index in [-0.39, 0.29) is 16.5 Å². The number of aromatic nitrogens is 2. The van der Waals surface area contributed by atoms with Crippen molar-refractivity contribution in [2.75, 3.05) is 18.1 Å². The van der Waals surface area contributed by atoms with Crippen LogP contribution in [0.4, 0.5) is 5.13 Å². The number of benzene rings is 3. The summed E-state index contributed by atoms with van der Waals surface area (Å²) in [6.45, 7) is 2.82. The van der Waals surface area contributed by atoms with Crippen LogP contribution in [0.5, 0.6) is 11.5 Å². The van der Waals surface area contributed by atoms with E-state index in [9.17, 15) is 14.7 Å². The lowest BCUT2D eigenvalue weighted by atomic mass is 9.95. The third kappa shape index (κ3) is 5.05. The lowest BCUT2D eigenvalue weighted by molar-refractivity contribution is -0.132. The Labute approximate surface area is 243 Å². The van der Waals surface area contributed by atoms with Gasteiger partial charge in [-0.05, 0) is 48.4 Å². The van der Waals surface area contributed by atoms with Crippen molar-refractivity contribution in [1.82, 2.24) is 10.2 Å². The van der Waals surface area contributed by atoms with Crippen LogP contribution in [0.25, 0.3) is 5.76 Å². The van der Waals surface area contributed by atoms with E-state index in [1.807, 2.05) is 19.1 Å². The molecule has 40 heavy (non-hydrogen) atoms. The van der Waals surface area contributed by atoms with Gasteiger partial charge in [0.25, 0.3) is 5.78 Å². The quantitative estimate of drug-likeness (QED) is 0.0931. The summed E-state index contributed by atoms with van der Waals surface area (Å²) in [7, 11) is 0. The molecular weight excluding hydrogens is 570 g/mol. The van der Waals surface area contributed by atoms with Crippen molar-refractivity contribution >= 4 is 57.3 Å². The Kier molecular flexibility index (Phi) is 7.22. The maximum Gasteiger partial charge on any atom is 0.301 e. The maximum atomic E-state index is 13.5. The number of fused-ring (bicyclic) bond motifs is 1. The second-order valence-corrected chi connectivity index (χ2v) is 11.8. The molecule has 0 aliphatic carbocycles. The highest BCUT2D eigenvalue weighted by Gasteiger charge is 2.48. The van der Waals surface area contributed by atoms with Crippen LogP contribution in [0.2, 0.25) is 5.02 Å². The first kappa shape index (κ1) is 26.4. The lowest BCUT2D eigenvalue weighted by Gasteiger charge is -2.23. The van der Waals surface area contributed by atoms with Crippen LogP contribution in [0.3, 0.4) is 0 Å². The largest absolute Gasteiger partial charge is 0.507 e. The van der Waals surface area contributed by atoms with E-state index < -0.39 is 17.7 Å². The fourth-order valence-corrected chi connectivity index (χ4v) is 6.58. The van der Waals surface area contributed by atoms with Gasteiger partial charge in [-0.1, -0.05) is 76.7 Å². The number of rotatable bonds is 6. The average molecular weight is 592 g/mol. The van der Waals surface area contributed by atoms with Gasteiger partial charge in [-0.25, -0.2) is 0 Å². The molecule has 0 spiro atoms. The van der Waals surface area contributed by atoms with Gasteiger partial charge >= 0.3 is 5.91 Å². The van der Waals surface area contributed by atoms with Crippen LogP contribution in [0.1, 0.15) is 28.3 Å². The van der Waals surface area contributed by atoms with Crippen molar-refractivity contribution in [3.05, 3.63) is 99.6 Å². The van der Waals surface area contributed by atoms with Gasteiger partial charge < -0.3 is 14.6 Å². The van der Waals surface area contributed by atoms with Crippen LogP contribution in [0.15, 0.2) is 76.6 Å². The number of ketones is 1. The van der Waals surface area contributed by atoms with Crippen molar-refractivity contribution in [2.24, 2.45) is 0 Å². The standard InChI is InChI=1S/C29H22ClN3O5S2/c1-16-5-7-17(8-6-16)15-39-29-32-31-28(40-29)33-24(18-3-2-4-20(30)13-18)23(26(35)27(33)36)25(34)19-9-10-21-22(14-19)38-12-11-37-21/h2-10,13-14,24,34H,11-12,15H2,1H3/b25-23+. The number of aliphatic hydroxyl groups excluding tert-OH is 1. The number of hydrogen-bond acceptors (Lipinski definition) is 9. The molecule has 1 saturated heterocycles. The summed E-state index contributed by atoms with van der Waals surface area (Å²) in [5, 5.41) is 20.6. The average Bonchev–Trinajstić information content (AvgIpc) is 3.54. The zero-order valence-corrected chi connectivity index (χ0v) is 23.6. The third-order valence-electron chi connectivity index (χ3n) is 6.51. The molecule has 1 fully saturated rings. The van der Waals surface area contributed by atoms with Crippen LogP contribution < -0.4 is 14.4 Å². The fraction of sp³-hybridized carbons (Fsp3) is 0.172. The summed E-state index contributed by atoms with van der Waals surface area (Å²) in [4.78, 5) is 28.2. The van der Waals surface area contributed by atoms with Crippen LogP contribution in [-0.4, -0.2) is 40.2 Å². The van der Waals surface area contributed by atoms with Crippen molar-refractivity contribution < 1.29 is 24.2 Å². The number of hydrogen-bond donors (Lipinski definition) is 1. The number of anilines is 1. The molecule has 2 aliphatic rings. The van der Waals surface area contributed by atoms with Crippen molar-refractivity contribution in [1.29, 1.82) is 0 Å². The number of carbonyl (C=O) groups excluding carboxylic acids is 2. The Morgan fingerprint density at radius 2 is 1.82 bits per heavy atom. The van der Waals surface area contributed by atoms with Crippen molar-refractivity contribution in [3.8, 4) is 11.5 Å². The second kappa shape index (κ2) is 11.0. The molecule has 6 rings (SSSR count). The molecule has 4 aromatic rings. The predicted molar refractivity (Wildman–Crippen MR) is 154 cm³/mol. The van der Waals surface area contributed by atoms with Gasteiger partial charge in [0, 0.05) is 16.3 Å². The van der Waals surface area contributed by atoms with Gasteiger partial charge in [0.1, 0.15) is 19.0 Å². The monoisotopic (exact) mass is 591 g/mol. The minimum Gasteiger partial charge on any atom is -0.507 e. The highest BCUT2D eigenvalue weighted by molar-refractivity contribution is 8.00. The van der Waals surface area contributed by atoms with E-state index in [0.717, 1.165) is 5.56 Å². The molecule has 2 aliphatic heterocycles. The Bertz CT molecular complexity index is 1650. The third-order valence-corrected chi connectivity index (χ3v) is 8.87. The summed E-state index contributed by atoms with van der Waals surface area (Å²) in [5.41, 5.74) is 3.11. The van der Waals surface area contributed by atoms with Gasteiger partial charge in [-0.2, -0.15) is 0 Å². The second-order valence-electron chi connectivity index (χ2n) is 9.21. The molecule has 0 saturated carbocycles. The number of aryl methyl sites for hydroxylation is 1. The predicted octanol–water partition coefficient (Wildman–Crippen LogP) is 6.19. The number of amides is 1. The highest BCUT2D eigenvalue weighted by Crippen LogP contribution is 2.45. The minimum absolute atomic E-state index is 0.0759.